The summed E-state index contributed by atoms with van der Waals surface area (Å²) in [6.07, 6.45) is 0. The molecule has 0 saturated carbocycles. The van der Waals surface area contributed by atoms with Crippen LogP contribution in [-0.2, 0) is 9.53 Å². The molecule has 0 bridgehead atoms. The Balaban J connectivity index is 2.67. The summed E-state index contributed by atoms with van der Waals surface area (Å²) in [4.78, 5) is 11.6. The topological polar surface area (TPSA) is 47.6 Å². The smallest absolute Gasteiger partial charge is 0.258 e. The summed E-state index contributed by atoms with van der Waals surface area (Å²) in [5.41, 5.74) is 1.94. The third-order valence-electron chi connectivity index (χ3n) is 2.90. The van der Waals surface area contributed by atoms with Crippen LogP contribution < -0.4 is 10.1 Å². The molecule has 1 amide bonds. The largest absolute Gasteiger partial charge is 0.483 e. The summed E-state index contributed by atoms with van der Waals surface area (Å²) >= 11 is 6.13. The Morgan fingerprint density at radius 3 is 2.70 bits per heavy atom. The minimum absolute atomic E-state index is 0.00942. The maximum absolute atomic E-state index is 11.6. The van der Waals surface area contributed by atoms with E-state index in [9.17, 15) is 4.79 Å². The Labute approximate surface area is 125 Å². The fraction of sp³-hybridized carbons (Fsp3) is 0.533. The summed E-state index contributed by atoms with van der Waals surface area (Å²) < 4.78 is 10.5. The van der Waals surface area contributed by atoms with Crippen molar-refractivity contribution < 1.29 is 14.3 Å². The van der Waals surface area contributed by atoms with Gasteiger partial charge in [0.2, 0.25) is 0 Å². The highest BCUT2D eigenvalue weighted by Crippen LogP contribution is 2.31. The van der Waals surface area contributed by atoms with Crippen LogP contribution in [0.25, 0.3) is 0 Å². The molecule has 0 aliphatic heterocycles. The maximum atomic E-state index is 11.6. The Morgan fingerprint density at radius 2 is 2.10 bits per heavy atom. The molecule has 0 aliphatic rings. The van der Waals surface area contributed by atoms with E-state index in [0.717, 1.165) is 11.1 Å². The van der Waals surface area contributed by atoms with Crippen molar-refractivity contribution in [2.45, 2.75) is 26.7 Å². The predicted molar refractivity (Wildman–Crippen MR) is 80.7 cm³/mol. The summed E-state index contributed by atoms with van der Waals surface area (Å²) in [6.45, 7) is 7.00. The van der Waals surface area contributed by atoms with Gasteiger partial charge in [-0.05, 0) is 36.1 Å². The van der Waals surface area contributed by atoms with Crippen molar-refractivity contribution in [1.82, 2.24) is 5.32 Å². The molecule has 0 unspecified atom stereocenters. The molecule has 1 N–H and O–H groups in total. The average molecular weight is 300 g/mol. The van der Waals surface area contributed by atoms with Gasteiger partial charge in [0.05, 0.1) is 6.61 Å². The van der Waals surface area contributed by atoms with Crippen LogP contribution in [0.5, 0.6) is 5.75 Å². The van der Waals surface area contributed by atoms with Gasteiger partial charge in [0.25, 0.3) is 5.91 Å². The van der Waals surface area contributed by atoms with Crippen LogP contribution >= 0.6 is 11.6 Å². The molecule has 4 nitrogen and oxygen atoms in total. The minimum Gasteiger partial charge on any atom is -0.483 e. The van der Waals surface area contributed by atoms with Crippen molar-refractivity contribution in [2.75, 3.05) is 26.9 Å². The number of ether oxygens (including phenoxy) is 2. The van der Waals surface area contributed by atoms with Crippen molar-refractivity contribution in [1.29, 1.82) is 0 Å². The van der Waals surface area contributed by atoms with Gasteiger partial charge in [-0.1, -0.05) is 25.4 Å². The lowest BCUT2D eigenvalue weighted by Gasteiger charge is -2.15. The molecule has 112 valence electrons. The van der Waals surface area contributed by atoms with Crippen LogP contribution in [-0.4, -0.2) is 32.8 Å². The first-order valence-corrected chi connectivity index (χ1v) is 7.02. The SMILES string of the molecule is COCCNC(=O)COc1cc(C)c(Cl)cc1C(C)C. The van der Waals surface area contributed by atoms with Crippen molar-refractivity contribution >= 4 is 17.5 Å². The first kappa shape index (κ1) is 16.8. The van der Waals surface area contributed by atoms with E-state index < -0.39 is 0 Å². The molecule has 5 heteroatoms. The summed E-state index contributed by atoms with van der Waals surface area (Å²) in [7, 11) is 1.59. The molecule has 0 heterocycles. The van der Waals surface area contributed by atoms with Gasteiger partial charge >= 0.3 is 0 Å². The number of rotatable bonds is 7. The molecule has 1 aromatic carbocycles. The second-order valence-electron chi connectivity index (χ2n) is 4.93. The highest BCUT2D eigenvalue weighted by Gasteiger charge is 2.12. The van der Waals surface area contributed by atoms with Crippen LogP contribution in [0, 0.1) is 6.92 Å². The van der Waals surface area contributed by atoms with E-state index >= 15 is 0 Å². The molecule has 1 rings (SSSR count). The highest BCUT2D eigenvalue weighted by atomic mass is 35.5. The number of halogens is 1. The third-order valence-corrected chi connectivity index (χ3v) is 3.31. The third kappa shape index (κ3) is 5.02. The summed E-state index contributed by atoms with van der Waals surface area (Å²) in [5.74, 6) is 0.827. The van der Waals surface area contributed by atoms with Crippen molar-refractivity contribution in [3.63, 3.8) is 0 Å². The van der Waals surface area contributed by atoms with Crippen LogP contribution in [0.15, 0.2) is 12.1 Å². The monoisotopic (exact) mass is 299 g/mol. The van der Waals surface area contributed by atoms with Crippen molar-refractivity contribution in [2.24, 2.45) is 0 Å². The van der Waals surface area contributed by atoms with E-state index in [1.165, 1.54) is 0 Å². The first-order chi connectivity index (χ1) is 9.45. The second kappa shape index (κ2) is 8.12. The lowest BCUT2D eigenvalue weighted by molar-refractivity contribution is -0.123. The first-order valence-electron chi connectivity index (χ1n) is 6.64. The van der Waals surface area contributed by atoms with Crippen LogP contribution in [0.2, 0.25) is 5.02 Å². The molecule has 0 radical (unpaired) electrons. The molecule has 0 spiro atoms. The van der Waals surface area contributed by atoms with Crippen LogP contribution in [0.1, 0.15) is 30.9 Å². The standard InChI is InChI=1S/C15H22ClNO3/c1-10(2)12-8-13(16)11(3)7-14(12)20-9-15(18)17-5-6-19-4/h7-8,10H,5-6,9H2,1-4H3,(H,17,18). The van der Waals surface area contributed by atoms with Crippen LogP contribution in [0.4, 0.5) is 0 Å². The van der Waals surface area contributed by atoms with E-state index in [0.29, 0.717) is 23.9 Å². The maximum Gasteiger partial charge on any atom is 0.258 e. The Bertz CT molecular complexity index is 461. The van der Waals surface area contributed by atoms with Crippen LogP contribution in [0.3, 0.4) is 0 Å². The van der Waals surface area contributed by atoms with Gasteiger partial charge in [0, 0.05) is 18.7 Å². The van der Waals surface area contributed by atoms with Gasteiger partial charge in [0.1, 0.15) is 5.75 Å². The van der Waals surface area contributed by atoms with Gasteiger partial charge in [-0.2, -0.15) is 0 Å². The molecule has 1 aromatic rings. The van der Waals surface area contributed by atoms with Gasteiger partial charge in [-0.3, -0.25) is 4.79 Å². The molecule has 20 heavy (non-hydrogen) atoms. The zero-order valence-corrected chi connectivity index (χ0v) is 13.2. The van der Waals surface area contributed by atoms with Gasteiger partial charge in [0.15, 0.2) is 6.61 Å². The average Bonchev–Trinajstić information content (AvgIpc) is 2.39. The number of aryl methyl sites for hydroxylation is 1. The quantitative estimate of drug-likeness (QED) is 0.788. The highest BCUT2D eigenvalue weighted by molar-refractivity contribution is 6.31. The molecular weight excluding hydrogens is 278 g/mol. The van der Waals surface area contributed by atoms with E-state index in [4.69, 9.17) is 21.1 Å². The van der Waals surface area contributed by atoms with Gasteiger partial charge in [-0.15, -0.1) is 0 Å². The number of amides is 1. The molecule has 0 aliphatic carbocycles. The number of carbonyl (C=O) groups is 1. The Morgan fingerprint density at radius 1 is 1.40 bits per heavy atom. The van der Waals surface area contributed by atoms with E-state index in [1.54, 1.807) is 7.11 Å². The Kier molecular flexibility index (Phi) is 6.82. The summed E-state index contributed by atoms with van der Waals surface area (Å²) in [5, 5.41) is 3.43. The Hall–Kier alpha value is -1.26. The zero-order valence-electron chi connectivity index (χ0n) is 12.5. The normalized spacial score (nSPS) is 10.7. The number of carbonyl (C=O) groups excluding carboxylic acids is 1. The van der Waals surface area contributed by atoms with Crippen molar-refractivity contribution in [3.8, 4) is 5.75 Å². The fourth-order valence-electron chi connectivity index (χ4n) is 1.73. The zero-order chi connectivity index (χ0) is 15.1. The molecular formula is C15H22ClNO3. The van der Waals surface area contributed by atoms with E-state index in [-0.39, 0.29) is 18.4 Å². The minimum atomic E-state index is -0.163. The van der Waals surface area contributed by atoms with E-state index in [1.807, 2.05) is 19.1 Å². The number of benzene rings is 1. The number of nitrogens with one attached hydrogen (secondary N) is 1. The molecule has 0 saturated heterocycles. The van der Waals surface area contributed by atoms with E-state index in [2.05, 4.69) is 19.2 Å². The number of hydrogen-bond acceptors (Lipinski definition) is 3. The number of hydrogen-bond donors (Lipinski definition) is 1. The summed E-state index contributed by atoms with van der Waals surface area (Å²) in [6, 6.07) is 3.78. The van der Waals surface area contributed by atoms with Gasteiger partial charge in [-0.25, -0.2) is 0 Å². The molecule has 0 fully saturated rings. The predicted octanol–water partition coefficient (Wildman–Crippen LogP) is 2.91. The van der Waals surface area contributed by atoms with Crippen molar-refractivity contribution in [3.05, 3.63) is 28.3 Å². The molecule has 0 atom stereocenters. The lowest BCUT2D eigenvalue weighted by Crippen LogP contribution is -2.31. The number of methoxy groups -OCH3 is 1. The second-order valence-corrected chi connectivity index (χ2v) is 5.33. The lowest BCUT2D eigenvalue weighted by atomic mass is 10.0. The van der Waals surface area contributed by atoms with Gasteiger partial charge < -0.3 is 14.8 Å². The fourth-order valence-corrected chi connectivity index (χ4v) is 1.91. The molecule has 0 aromatic heterocycles.